The highest BCUT2D eigenvalue weighted by atomic mass is 79.9. The zero-order valence-electron chi connectivity index (χ0n) is 30.5. The summed E-state index contributed by atoms with van der Waals surface area (Å²) in [6, 6.07) is 32.7. The van der Waals surface area contributed by atoms with E-state index >= 15 is 0 Å². The molecule has 0 atom stereocenters. The Morgan fingerprint density at radius 1 is 0.632 bits per heavy atom. The molecule has 0 saturated carbocycles. The van der Waals surface area contributed by atoms with Gasteiger partial charge in [0.2, 0.25) is 0 Å². The second-order valence-electron chi connectivity index (χ2n) is 13.4. The quantitative estimate of drug-likeness (QED) is 0.137. The first-order valence-electron chi connectivity index (χ1n) is 17.8. The predicted octanol–water partition coefficient (Wildman–Crippen LogP) is 10.6. The molecular weight excluding hydrogens is 858 g/mol. The minimum absolute atomic E-state index is 0.193. The van der Waals surface area contributed by atoms with E-state index in [1.807, 2.05) is 67.0 Å². The number of halogens is 4. The fraction of sp³-hybridized carbons (Fsp3) is 0.111. The summed E-state index contributed by atoms with van der Waals surface area (Å²) in [4.78, 5) is 32.2. The maximum atomic E-state index is 13.5. The van der Waals surface area contributed by atoms with Crippen molar-refractivity contribution in [2.24, 2.45) is 0 Å². The molecule has 8 nitrogen and oxygen atoms in total. The van der Waals surface area contributed by atoms with Gasteiger partial charge in [0.05, 0.1) is 29.6 Å². The van der Waals surface area contributed by atoms with Gasteiger partial charge in [0, 0.05) is 70.7 Å². The van der Waals surface area contributed by atoms with Gasteiger partial charge in [-0.15, -0.1) is 0 Å². The number of benzene rings is 4. The van der Waals surface area contributed by atoms with Crippen LogP contribution in [0.3, 0.4) is 0 Å². The van der Waals surface area contributed by atoms with Crippen LogP contribution < -0.4 is 0 Å². The maximum absolute atomic E-state index is 13.5. The summed E-state index contributed by atoms with van der Waals surface area (Å²) in [5.41, 5.74) is 7.76. The fourth-order valence-electron chi connectivity index (χ4n) is 6.73. The second-order valence-corrected chi connectivity index (χ2v) is 15.2. The van der Waals surface area contributed by atoms with Gasteiger partial charge in [0.25, 0.3) is 0 Å². The molecule has 1 N–H and O–H groups in total. The lowest BCUT2D eigenvalue weighted by Crippen LogP contribution is -2.08. The molecule has 4 heterocycles. The topological polar surface area (TPSA) is 99.2 Å². The number of carboxylic acids is 1. The minimum Gasteiger partial charge on any atom is -0.478 e. The van der Waals surface area contributed by atoms with Crippen LogP contribution in [-0.2, 0) is 30.7 Å². The number of carbonyl (C=O) groups is 2. The molecule has 8 rings (SSSR count). The van der Waals surface area contributed by atoms with Crippen molar-refractivity contribution < 1.29 is 28.2 Å². The zero-order chi connectivity index (χ0) is 40.1. The first-order chi connectivity index (χ1) is 27.5. The fourth-order valence-corrected chi connectivity index (χ4v) is 7.40. The molecule has 0 amide bonds. The minimum atomic E-state index is -0.994. The van der Waals surface area contributed by atoms with Crippen molar-refractivity contribution in [2.45, 2.75) is 25.9 Å². The molecule has 0 aliphatic rings. The Kier molecular flexibility index (Phi) is 12.0. The Hall–Kier alpha value is -5.98. The van der Waals surface area contributed by atoms with Crippen LogP contribution in [0.4, 0.5) is 8.78 Å². The van der Waals surface area contributed by atoms with Crippen molar-refractivity contribution in [1.29, 1.82) is 0 Å². The number of nitrogens with zero attached hydrogens (tertiary/aromatic N) is 4. The van der Waals surface area contributed by atoms with Gasteiger partial charge >= 0.3 is 11.9 Å². The van der Waals surface area contributed by atoms with Gasteiger partial charge in [-0.05, 0) is 138 Å². The van der Waals surface area contributed by atoms with Gasteiger partial charge in [-0.2, -0.15) is 0 Å². The first-order valence-corrected chi connectivity index (χ1v) is 19.4. The number of aromatic carboxylic acids is 1. The van der Waals surface area contributed by atoms with E-state index in [4.69, 9.17) is 4.74 Å². The Labute approximate surface area is 343 Å². The van der Waals surface area contributed by atoms with Crippen molar-refractivity contribution in [2.75, 3.05) is 7.11 Å². The monoisotopic (exact) mass is 890 g/mol. The van der Waals surface area contributed by atoms with Crippen molar-refractivity contribution in [3.8, 4) is 0 Å². The van der Waals surface area contributed by atoms with Gasteiger partial charge < -0.3 is 19.0 Å². The third-order valence-electron chi connectivity index (χ3n) is 9.41. The summed E-state index contributed by atoms with van der Waals surface area (Å²) in [6.07, 6.45) is 8.20. The Bertz CT molecular complexity index is 2770. The van der Waals surface area contributed by atoms with Crippen LogP contribution >= 0.6 is 31.9 Å². The molecule has 57 heavy (non-hydrogen) atoms. The molecule has 286 valence electrons. The van der Waals surface area contributed by atoms with E-state index in [9.17, 15) is 23.5 Å². The molecule has 4 aromatic heterocycles. The maximum Gasteiger partial charge on any atom is 0.339 e. The third-order valence-corrected chi connectivity index (χ3v) is 10.3. The molecule has 4 aromatic carbocycles. The molecule has 0 spiro atoms. The van der Waals surface area contributed by atoms with E-state index in [-0.39, 0.29) is 17.2 Å². The zero-order valence-corrected chi connectivity index (χ0v) is 33.7. The summed E-state index contributed by atoms with van der Waals surface area (Å²) in [6.45, 7) is 1.18. The van der Waals surface area contributed by atoms with Crippen LogP contribution in [0.5, 0.6) is 0 Å². The summed E-state index contributed by atoms with van der Waals surface area (Å²) in [5, 5.41) is 11.5. The highest BCUT2D eigenvalue weighted by Crippen LogP contribution is 2.25. The number of hydrogen-bond donors (Lipinski definition) is 1. The van der Waals surface area contributed by atoms with Crippen molar-refractivity contribution in [3.05, 3.63) is 199 Å². The van der Waals surface area contributed by atoms with Crippen LogP contribution in [-0.4, -0.2) is 43.3 Å². The molecule has 8 aromatic rings. The molecule has 0 aliphatic heterocycles. The average molecular weight is 893 g/mol. The number of carbonyl (C=O) groups excluding carboxylic acids is 1. The van der Waals surface area contributed by atoms with E-state index in [1.165, 1.54) is 25.3 Å². The number of fused-ring (bicyclic) bond motifs is 2. The number of rotatable bonds is 10. The third kappa shape index (κ3) is 9.53. The van der Waals surface area contributed by atoms with Gasteiger partial charge in [0.15, 0.2) is 0 Å². The smallest absolute Gasteiger partial charge is 0.339 e. The van der Waals surface area contributed by atoms with E-state index in [0.29, 0.717) is 47.4 Å². The van der Waals surface area contributed by atoms with Crippen molar-refractivity contribution in [1.82, 2.24) is 19.1 Å². The van der Waals surface area contributed by atoms with Gasteiger partial charge in [0.1, 0.15) is 11.6 Å². The number of esters is 1. The molecule has 0 saturated heterocycles. The van der Waals surface area contributed by atoms with Gasteiger partial charge in [-0.25, -0.2) is 18.4 Å². The second kappa shape index (κ2) is 17.4. The number of ether oxygens (including phenoxy) is 1. The van der Waals surface area contributed by atoms with Crippen LogP contribution in [0.15, 0.2) is 143 Å². The lowest BCUT2D eigenvalue weighted by atomic mass is 10.0. The first kappa shape index (κ1) is 39.3. The highest BCUT2D eigenvalue weighted by Gasteiger charge is 2.16. The normalized spacial score (nSPS) is 11.0. The summed E-state index contributed by atoms with van der Waals surface area (Å²) < 4.78 is 37.3. The number of aromatic nitrogens is 4. The van der Waals surface area contributed by atoms with Crippen LogP contribution in [0.1, 0.15) is 54.4 Å². The number of hydrogen-bond acceptors (Lipinski definition) is 5. The lowest BCUT2D eigenvalue weighted by Gasteiger charge is -2.09. The van der Waals surface area contributed by atoms with E-state index < -0.39 is 11.9 Å². The summed E-state index contributed by atoms with van der Waals surface area (Å²) in [5.74, 6) is -1.88. The Morgan fingerprint density at radius 3 is 1.56 bits per heavy atom. The lowest BCUT2D eigenvalue weighted by molar-refractivity contribution is 0.0598. The van der Waals surface area contributed by atoms with Crippen molar-refractivity contribution in [3.63, 3.8) is 0 Å². The Morgan fingerprint density at radius 2 is 1.11 bits per heavy atom. The number of methoxy groups -OCH3 is 1. The molecule has 12 heteroatoms. The van der Waals surface area contributed by atoms with Crippen molar-refractivity contribution >= 4 is 65.6 Å². The predicted molar refractivity (Wildman–Crippen MR) is 223 cm³/mol. The van der Waals surface area contributed by atoms with E-state index in [0.717, 1.165) is 48.5 Å². The average Bonchev–Trinajstić information content (AvgIpc) is 3.78. The van der Waals surface area contributed by atoms with Gasteiger partial charge in [-0.3, -0.25) is 9.97 Å². The number of carboxylic acid groups (broad SMARTS) is 1. The van der Waals surface area contributed by atoms with Crippen LogP contribution in [0.25, 0.3) is 21.8 Å². The van der Waals surface area contributed by atoms with E-state index in [2.05, 4.69) is 57.0 Å². The molecule has 0 unspecified atom stereocenters. The molecule has 0 radical (unpaired) electrons. The highest BCUT2D eigenvalue weighted by molar-refractivity contribution is 9.10. The summed E-state index contributed by atoms with van der Waals surface area (Å²) in [7, 11) is 1.36. The molecular formula is C45H34Br2F2N4O4. The Balaban J connectivity index is 0.000000174. The standard InChI is InChI=1S/C23H18BrFN2O2.C22H16BrFN2O2/c1-29-23(28)20-12-18(24)13-26-21(20)11-15-5-6-22-17(9-15)7-8-27(22)14-16-3-2-4-19(25)10-16;23-17-11-19(22(27)28)20(25-12-17)10-14-4-5-21-16(8-14)6-7-26(21)13-15-2-1-3-18(24)9-15/h2-10,12-13H,11,14H2,1H3;1-9,11-12H,10,13H2,(H,27,28). The summed E-state index contributed by atoms with van der Waals surface area (Å²) >= 11 is 6.61. The molecule has 0 bridgehead atoms. The van der Waals surface area contributed by atoms with E-state index in [1.54, 1.807) is 42.7 Å². The SMILES string of the molecule is COC(=O)c1cc(Br)cnc1Cc1ccc2c(ccn2Cc2cccc(F)c2)c1.O=C(O)c1cc(Br)cnc1Cc1ccc2c(ccn2Cc2cccc(F)c2)c1. The van der Waals surface area contributed by atoms with Gasteiger partial charge in [-0.1, -0.05) is 36.4 Å². The number of pyridine rings is 2. The van der Waals surface area contributed by atoms with Crippen LogP contribution in [0.2, 0.25) is 0 Å². The van der Waals surface area contributed by atoms with Crippen LogP contribution in [0, 0.1) is 11.6 Å². The molecule has 0 fully saturated rings. The molecule has 0 aliphatic carbocycles. The largest absolute Gasteiger partial charge is 0.478 e.